The number of carbonyl (C=O) groups excluding carboxylic acids is 1. The maximum absolute atomic E-state index is 12.4. The van der Waals surface area contributed by atoms with Gasteiger partial charge in [0.05, 0.1) is 0 Å². The molecule has 0 saturated heterocycles. The van der Waals surface area contributed by atoms with E-state index >= 15 is 0 Å². The Morgan fingerprint density at radius 2 is 2.11 bits per heavy atom. The number of nitrogens with zero attached hydrogens (tertiary/aromatic N) is 2. The zero-order chi connectivity index (χ0) is 14.5. The second-order valence-corrected chi connectivity index (χ2v) is 4.00. The number of anilines is 1. The molecule has 0 aliphatic rings. The first-order valence-corrected chi connectivity index (χ1v) is 5.88. The van der Waals surface area contributed by atoms with Crippen molar-refractivity contribution in [3.8, 4) is 0 Å². The number of nitrogens with one attached hydrogen (secondary N) is 1. The van der Waals surface area contributed by atoms with Gasteiger partial charge in [-0.3, -0.25) is 4.79 Å². The van der Waals surface area contributed by atoms with Gasteiger partial charge in [-0.15, -0.1) is 0 Å². The lowest BCUT2D eigenvalue weighted by Gasteiger charge is -2.23. The third kappa shape index (κ3) is 4.76. The van der Waals surface area contributed by atoms with Crippen molar-refractivity contribution in [2.45, 2.75) is 19.5 Å². The van der Waals surface area contributed by atoms with Gasteiger partial charge in [-0.05, 0) is 18.6 Å². The third-order valence-corrected chi connectivity index (χ3v) is 2.38. The van der Waals surface area contributed by atoms with Crippen LogP contribution in [0, 0.1) is 0 Å². The van der Waals surface area contributed by atoms with Crippen LogP contribution in [0.25, 0.3) is 0 Å². The summed E-state index contributed by atoms with van der Waals surface area (Å²) in [6, 6.07) is 4.61. The number of hydrogen-bond donors (Lipinski definition) is 1. The van der Waals surface area contributed by atoms with Crippen molar-refractivity contribution < 1.29 is 18.0 Å². The van der Waals surface area contributed by atoms with E-state index in [4.69, 9.17) is 0 Å². The number of alkyl halides is 3. The second-order valence-electron chi connectivity index (χ2n) is 4.00. The Kier molecular flexibility index (Phi) is 5.14. The predicted octanol–water partition coefficient (Wildman–Crippen LogP) is 2.54. The second kappa shape index (κ2) is 6.40. The number of carbonyl (C=O) groups is 1. The van der Waals surface area contributed by atoms with Crippen molar-refractivity contribution in [2.75, 3.05) is 25.5 Å². The molecule has 1 aromatic rings. The number of pyridine rings is 1. The molecule has 0 saturated carbocycles. The van der Waals surface area contributed by atoms with Gasteiger partial charge in [0.15, 0.2) is 0 Å². The standard InChI is InChI=1S/C12H16F3N3O/c1-3-7-18(8-12(13,14)15)11(19)9-5-4-6-10(16-2)17-9/h4-6H,3,7-8H2,1-2H3,(H,16,17). The summed E-state index contributed by atoms with van der Waals surface area (Å²) < 4.78 is 37.3. The minimum absolute atomic E-state index is 0.00421. The highest BCUT2D eigenvalue weighted by Crippen LogP contribution is 2.18. The minimum atomic E-state index is -4.41. The Morgan fingerprint density at radius 3 is 2.63 bits per heavy atom. The van der Waals surface area contributed by atoms with Crippen LogP contribution in [-0.4, -0.2) is 42.1 Å². The molecule has 1 heterocycles. The first-order chi connectivity index (χ1) is 8.87. The van der Waals surface area contributed by atoms with Gasteiger partial charge in [0.2, 0.25) is 0 Å². The number of hydrogen-bond acceptors (Lipinski definition) is 3. The Bertz CT molecular complexity index is 434. The lowest BCUT2D eigenvalue weighted by Crippen LogP contribution is -2.39. The molecule has 0 radical (unpaired) electrons. The molecule has 1 rings (SSSR count). The Balaban J connectivity index is 2.91. The first kappa shape index (κ1) is 15.3. The van der Waals surface area contributed by atoms with Crippen LogP contribution in [0.15, 0.2) is 18.2 Å². The smallest absolute Gasteiger partial charge is 0.373 e. The van der Waals surface area contributed by atoms with Crippen LogP contribution in [0.5, 0.6) is 0 Å². The highest BCUT2D eigenvalue weighted by molar-refractivity contribution is 5.92. The molecule has 1 N–H and O–H groups in total. The molecule has 0 aliphatic heterocycles. The van der Waals surface area contributed by atoms with E-state index in [0.717, 1.165) is 4.90 Å². The Morgan fingerprint density at radius 1 is 1.42 bits per heavy atom. The Labute approximate surface area is 109 Å². The monoisotopic (exact) mass is 275 g/mol. The van der Waals surface area contributed by atoms with Crippen molar-refractivity contribution in [3.63, 3.8) is 0 Å². The average molecular weight is 275 g/mol. The van der Waals surface area contributed by atoms with E-state index in [9.17, 15) is 18.0 Å². The SMILES string of the molecule is CCCN(CC(F)(F)F)C(=O)c1cccc(NC)n1. The van der Waals surface area contributed by atoms with Crippen molar-refractivity contribution in [2.24, 2.45) is 0 Å². The maximum atomic E-state index is 12.4. The van der Waals surface area contributed by atoms with Gasteiger partial charge in [-0.1, -0.05) is 13.0 Å². The van der Waals surface area contributed by atoms with E-state index in [1.807, 2.05) is 0 Å². The molecular weight excluding hydrogens is 259 g/mol. The lowest BCUT2D eigenvalue weighted by atomic mass is 10.3. The first-order valence-electron chi connectivity index (χ1n) is 5.88. The predicted molar refractivity (Wildman–Crippen MR) is 66.0 cm³/mol. The van der Waals surface area contributed by atoms with Gasteiger partial charge in [0, 0.05) is 13.6 Å². The van der Waals surface area contributed by atoms with Gasteiger partial charge in [0.25, 0.3) is 5.91 Å². The third-order valence-electron chi connectivity index (χ3n) is 2.38. The maximum Gasteiger partial charge on any atom is 0.406 e. The van der Waals surface area contributed by atoms with E-state index in [-0.39, 0.29) is 12.2 Å². The van der Waals surface area contributed by atoms with Gasteiger partial charge < -0.3 is 10.2 Å². The van der Waals surface area contributed by atoms with E-state index in [2.05, 4.69) is 10.3 Å². The lowest BCUT2D eigenvalue weighted by molar-refractivity contribution is -0.140. The molecule has 7 heteroatoms. The number of aromatic nitrogens is 1. The molecule has 19 heavy (non-hydrogen) atoms. The fraction of sp³-hybridized carbons (Fsp3) is 0.500. The summed E-state index contributed by atoms with van der Waals surface area (Å²) in [4.78, 5) is 16.7. The summed E-state index contributed by atoms with van der Waals surface area (Å²) in [6.45, 7) is 0.503. The van der Waals surface area contributed by atoms with Gasteiger partial charge in [-0.25, -0.2) is 4.98 Å². The molecule has 1 aromatic heterocycles. The largest absolute Gasteiger partial charge is 0.406 e. The van der Waals surface area contributed by atoms with Crippen molar-refractivity contribution in [1.29, 1.82) is 0 Å². The van der Waals surface area contributed by atoms with Gasteiger partial charge in [0.1, 0.15) is 18.1 Å². The van der Waals surface area contributed by atoms with Crippen LogP contribution >= 0.6 is 0 Å². The van der Waals surface area contributed by atoms with Crippen LogP contribution in [0.3, 0.4) is 0 Å². The molecule has 106 valence electrons. The molecule has 4 nitrogen and oxygen atoms in total. The summed E-state index contributed by atoms with van der Waals surface area (Å²) in [5.74, 6) is -0.273. The zero-order valence-electron chi connectivity index (χ0n) is 10.8. The van der Waals surface area contributed by atoms with Crippen LogP contribution < -0.4 is 5.32 Å². The minimum Gasteiger partial charge on any atom is -0.373 e. The summed E-state index contributed by atoms with van der Waals surface area (Å²) in [6.07, 6.45) is -3.96. The normalized spacial score (nSPS) is 11.2. The quantitative estimate of drug-likeness (QED) is 0.898. The molecule has 0 spiro atoms. The number of amides is 1. The van der Waals surface area contributed by atoms with E-state index in [0.29, 0.717) is 12.2 Å². The molecule has 0 atom stereocenters. The van der Waals surface area contributed by atoms with Gasteiger partial charge in [-0.2, -0.15) is 13.2 Å². The molecule has 0 fully saturated rings. The molecule has 0 unspecified atom stereocenters. The highest BCUT2D eigenvalue weighted by atomic mass is 19.4. The van der Waals surface area contributed by atoms with E-state index in [1.165, 1.54) is 6.07 Å². The van der Waals surface area contributed by atoms with Crippen LogP contribution in [0.4, 0.5) is 19.0 Å². The molecule has 0 aromatic carbocycles. The van der Waals surface area contributed by atoms with Crippen LogP contribution in [0.1, 0.15) is 23.8 Å². The van der Waals surface area contributed by atoms with E-state index in [1.54, 1.807) is 26.1 Å². The average Bonchev–Trinajstić information content (AvgIpc) is 2.36. The fourth-order valence-electron chi connectivity index (χ4n) is 1.59. The summed E-state index contributed by atoms with van der Waals surface area (Å²) in [5, 5.41) is 2.74. The van der Waals surface area contributed by atoms with Crippen molar-refractivity contribution >= 4 is 11.7 Å². The van der Waals surface area contributed by atoms with Crippen LogP contribution in [-0.2, 0) is 0 Å². The molecule has 1 amide bonds. The highest BCUT2D eigenvalue weighted by Gasteiger charge is 2.33. The topological polar surface area (TPSA) is 45.2 Å². The summed E-state index contributed by atoms with van der Waals surface area (Å²) >= 11 is 0. The van der Waals surface area contributed by atoms with E-state index < -0.39 is 18.6 Å². The van der Waals surface area contributed by atoms with Crippen molar-refractivity contribution in [1.82, 2.24) is 9.88 Å². The zero-order valence-corrected chi connectivity index (χ0v) is 10.8. The summed E-state index contributed by atoms with van der Waals surface area (Å²) in [7, 11) is 1.62. The Hall–Kier alpha value is -1.79. The van der Waals surface area contributed by atoms with Crippen LogP contribution in [0.2, 0.25) is 0 Å². The van der Waals surface area contributed by atoms with Crippen molar-refractivity contribution in [3.05, 3.63) is 23.9 Å². The van der Waals surface area contributed by atoms with Gasteiger partial charge >= 0.3 is 6.18 Å². The number of halogens is 3. The molecular formula is C12H16F3N3O. The fourth-order valence-corrected chi connectivity index (χ4v) is 1.59. The number of rotatable bonds is 5. The molecule has 0 bridgehead atoms. The molecule has 0 aliphatic carbocycles. The summed E-state index contributed by atoms with van der Waals surface area (Å²) in [5.41, 5.74) is 0.00421.